The number of hydrogen-bond donors (Lipinski definition) is 1. The summed E-state index contributed by atoms with van der Waals surface area (Å²) >= 11 is 0. The summed E-state index contributed by atoms with van der Waals surface area (Å²) in [5.41, 5.74) is 3.89. The molecule has 2 saturated heterocycles. The average Bonchev–Trinajstić information content (AvgIpc) is 3.10. The molecule has 1 aromatic carbocycles. The summed E-state index contributed by atoms with van der Waals surface area (Å²) < 4.78 is 17.7. The van der Waals surface area contributed by atoms with Crippen LogP contribution in [0.3, 0.4) is 0 Å². The largest absolute Gasteiger partial charge is 0.493 e. The van der Waals surface area contributed by atoms with Gasteiger partial charge >= 0.3 is 0 Å². The van der Waals surface area contributed by atoms with Crippen LogP contribution in [-0.4, -0.2) is 75.3 Å². The highest BCUT2D eigenvalue weighted by atomic mass is 16.6. The molecule has 2 aliphatic heterocycles. The fourth-order valence-corrected chi connectivity index (χ4v) is 5.05. The summed E-state index contributed by atoms with van der Waals surface area (Å²) in [4.78, 5) is 17.4. The van der Waals surface area contributed by atoms with Crippen molar-refractivity contribution in [1.82, 2.24) is 15.1 Å². The van der Waals surface area contributed by atoms with Crippen LogP contribution >= 0.6 is 0 Å². The number of carbonyl (C=O) groups is 1. The van der Waals surface area contributed by atoms with Gasteiger partial charge < -0.3 is 24.4 Å². The first kappa shape index (κ1) is 27.3. The highest BCUT2D eigenvalue weighted by molar-refractivity contribution is 5.81. The Labute approximate surface area is 222 Å². The Kier molecular flexibility index (Phi) is 9.33. The number of carbonyl (C=O) groups excluding carboxylic acids is 1. The summed E-state index contributed by atoms with van der Waals surface area (Å²) in [6, 6.07) is 4.68. The summed E-state index contributed by atoms with van der Waals surface area (Å²) in [7, 11) is 4.21. The van der Waals surface area contributed by atoms with Gasteiger partial charge in [-0.3, -0.25) is 9.69 Å². The molecular formula is C30H43N3O4. The zero-order chi connectivity index (χ0) is 26.4. The maximum atomic E-state index is 12.7. The minimum absolute atomic E-state index is 0.104. The molecule has 1 aliphatic carbocycles. The fraction of sp³-hybridized carbons (Fsp3) is 0.567. The lowest BCUT2D eigenvalue weighted by Crippen LogP contribution is -2.53. The van der Waals surface area contributed by atoms with Crippen LogP contribution in [0.25, 0.3) is 0 Å². The third kappa shape index (κ3) is 6.96. The highest BCUT2D eigenvalue weighted by Gasteiger charge is 2.34. The molecule has 0 aromatic heterocycles. The number of unbranched alkanes of at least 4 members (excludes halogenated alkanes) is 1. The Morgan fingerprint density at radius 1 is 1.19 bits per heavy atom. The van der Waals surface area contributed by atoms with Gasteiger partial charge in [-0.05, 0) is 95.6 Å². The van der Waals surface area contributed by atoms with Crippen molar-refractivity contribution in [3.8, 4) is 5.75 Å². The van der Waals surface area contributed by atoms with E-state index in [0.29, 0.717) is 30.0 Å². The van der Waals surface area contributed by atoms with Crippen LogP contribution in [0, 0.1) is 19.8 Å². The van der Waals surface area contributed by atoms with Gasteiger partial charge in [-0.2, -0.15) is 0 Å². The Morgan fingerprint density at radius 2 is 2.00 bits per heavy atom. The normalized spacial score (nSPS) is 20.5. The number of allylic oxidation sites excluding steroid dienone is 4. The molecule has 7 heteroatoms. The molecule has 4 rings (SSSR count). The van der Waals surface area contributed by atoms with E-state index in [1.165, 1.54) is 16.7 Å². The fourth-order valence-electron chi connectivity index (χ4n) is 5.05. The predicted molar refractivity (Wildman–Crippen MR) is 146 cm³/mol. The Balaban J connectivity index is 1.20. The second-order valence-corrected chi connectivity index (χ2v) is 10.7. The van der Waals surface area contributed by atoms with Gasteiger partial charge in [0.15, 0.2) is 11.5 Å². The van der Waals surface area contributed by atoms with Gasteiger partial charge in [-0.1, -0.05) is 18.2 Å². The minimum Gasteiger partial charge on any atom is -0.493 e. The van der Waals surface area contributed by atoms with Crippen LogP contribution in [0.4, 0.5) is 0 Å². The van der Waals surface area contributed by atoms with Crippen molar-refractivity contribution in [2.75, 3.05) is 53.5 Å². The number of nitrogens with zero attached hydrogens (tertiary/aromatic N) is 2. The number of hydrogen-bond acceptors (Lipinski definition) is 6. The van der Waals surface area contributed by atoms with Crippen LogP contribution in [0.1, 0.15) is 48.9 Å². The lowest BCUT2D eigenvalue weighted by Gasteiger charge is -2.44. The van der Waals surface area contributed by atoms with Crippen LogP contribution in [0.2, 0.25) is 0 Å². The van der Waals surface area contributed by atoms with Crippen molar-refractivity contribution in [2.24, 2.45) is 5.92 Å². The maximum absolute atomic E-state index is 12.7. The van der Waals surface area contributed by atoms with Crippen LogP contribution in [0.5, 0.6) is 5.75 Å². The third-order valence-corrected chi connectivity index (χ3v) is 7.60. The molecule has 202 valence electrons. The molecule has 1 aromatic rings. The first-order valence-electron chi connectivity index (χ1n) is 13.6. The lowest BCUT2D eigenvalue weighted by atomic mass is 9.91. The molecule has 2 heterocycles. The van der Waals surface area contributed by atoms with E-state index in [9.17, 15) is 4.79 Å². The molecule has 2 atom stereocenters. The first-order chi connectivity index (χ1) is 17.8. The first-order valence-corrected chi connectivity index (χ1v) is 13.6. The second kappa shape index (κ2) is 12.7. The number of amides is 1. The van der Waals surface area contributed by atoms with E-state index in [1.807, 2.05) is 24.3 Å². The van der Waals surface area contributed by atoms with E-state index in [-0.39, 0.29) is 12.5 Å². The van der Waals surface area contributed by atoms with Gasteiger partial charge in [0, 0.05) is 31.6 Å². The molecule has 2 unspecified atom stereocenters. The van der Waals surface area contributed by atoms with Crippen molar-refractivity contribution in [3.63, 3.8) is 0 Å². The summed E-state index contributed by atoms with van der Waals surface area (Å²) in [5.74, 6) is 2.69. The molecule has 7 nitrogen and oxygen atoms in total. The summed E-state index contributed by atoms with van der Waals surface area (Å²) in [6.45, 7) is 11.3. The molecule has 3 aliphatic rings. The molecule has 0 radical (unpaired) electrons. The Morgan fingerprint density at radius 3 is 2.78 bits per heavy atom. The quantitative estimate of drug-likeness (QED) is 0.450. The van der Waals surface area contributed by atoms with Crippen molar-refractivity contribution in [3.05, 3.63) is 64.6 Å². The smallest absolute Gasteiger partial charge is 0.264 e. The van der Waals surface area contributed by atoms with Crippen LogP contribution < -0.4 is 10.1 Å². The SMILES string of the molecule is Cc1c(OCCCCN(C)C)ccc(C(C)N2CC(CNC(=O)C3COC4=CC=CCC=C4O3)C2)c1C. The van der Waals surface area contributed by atoms with Crippen molar-refractivity contribution in [1.29, 1.82) is 0 Å². The van der Waals surface area contributed by atoms with Gasteiger partial charge in [0.25, 0.3) is 5.91 Å². The molecule has 37 heavy (non-hydrogen) atoms. The number of ether oxygens (including phenoxy) is 3. The van der Waals surface area contributed by atoms with Crippen molar-refractivity contribution >= 4 is 5.91 Å². The zero-order valence-corrected chi connectivity index (χ0v) is 23.1. The summed E-state index contributed by atoms with van der Waals surface area (Å²) in [5, 5.41) is 3.08. The van der Waals surface area contributed by atoms with Gasteiger partial charge in [-0.15, -0.1) is 0 Å². The molecule has 1 amide bonds. The van der Waals surface area contributed by atoms with Crippen LogP contribution in [-0.2, 0) is 14.3 Å². The number of fused-ring (bicyclic) bond motifs is 1. The minimum atomic E-state index is -0.601. The molecule has 0 bridgehead atoms. The number of rotatable bonds is 11. The Bertz CT molecular complexity index is 1040. The van der Waals surface area contributed by atoms with Gasteiger partial charge in [-0.25, -0.2) is 0 Å². The van der Waals surface area contributed by atoms with Crippen molar-refractivity contribution in [2.45, 2.75) is 52.2 Å². The van der Waals surface area contributed by atoms with E-state index < -0.39 is 6.10 Å². The van der Waals surface area contributed by atoms with E-state index in [1.54, 1.807) is 0 Å². The molecular weight excluding hydrogens is 466 g/mol. The number of benzene rings is 1. The van der Waals surface area contributed by atoms with Gasteiger partial charge in [0.1, 0.15) is 12.4 Å². The highest BCUT2D eigenvalue weighted by Crippen LogP contribution is 2.34. The van der Waals surface area contributed by atoms with E-state index in [4.69, 9.17) is 14.2 Å². The molecule has 0 saturated carbocycles. The molecule has 1 N–H and O–H groups in total. The lowest BCUT2D eigenvalue weighted by molar-refractivity contribution is -0.136. The van der Waals surface area contributed by atoms with Gasteiger partial charge in [0.2, 0.25) is 6.10 Å². The standard InChI is InChI=1S/C30H43N3O4/c1-21-22(2)26(35-16-10-9-15-32(4)5)14-13-25(21)23(3)33-18-24(19-33)17-31-30(34)29-20-36-27-11-7-6-8-12-28(27)37-29/h6-7,11-14,23-24,29H,8-10,15-20H2,1-5H3,(H,31,34). The van der Waals surface area contributed by atoms with Crippen molar-refractivity contribution < 1.29 is 19.0 Å². The second-order valence-electron chi connectivity index (χ2n) is 10.7. The molecule has 2 fully saturated rings. The van der Waals surface area contributed by atoms with E-state index in [2.05, 4.69) is 62.1 Å². The number of likely N-dealkylation sites (tertiary alicyclic amines) is 1. The molecule has 0 spiro atoms. The predicted octanol–water partition coefficient (Wildman–Crippen LogP) is 4.28. The van der Waals surface area contributed by atoms with Gasteiger partial charge in [0.05, 0.1) is 6.61 Å². The maximum Gasteiger partial charge on any atom is 0.264 e. The third-order valence-electron chi connectivity index (χ3n) is 7.60. The van der Waals surface area contributed by atoms with E-state index in [0.717, 1.165) is 51.3 Å². The number of nitrogens with one attached hydrogen (secondary N) is 1. The monoisotopic (exact) mass is 509 g/mol. The van der Waals surface area contributed by atoms with E-state index >= 15 is 0 Å². The summed E-state index contributed by atoms with van der Waals surface area (Å²) in [6.07, 6.45) is 10.2. The Hall–Kier alpha value is -2.77. The topological polar surface area (TPSA) is 63.3 Å². The zero-order valence-electron chi connectivity index (χ0n) is 23.1. The average molecular weight is 510 g/mol. The van der Waals surface area contributed by atoms with Crippen LogP contribution in [0.15, 0.2) is 48.0 Å².